The van der Waals surface area contributed by atoms with Crippen LogP contribution in [0.3, 0.4) is 0 Å². The Morgan fingerprint density at radius 1 is 1.35 bits per heavy atom. The van der Waals surface area contributed by atoms with Gasteiger partial charge in [-0.05, 0) is 72.3 Å². The van der Waals surface area contributed by atoms with E-state index in [0.717, 1.165) is 25.9 Å². The van der Waals surface area contributed by atoms with E-state index in [-0.39, 0.29) is 29.7 Å². The molecule has 34 heavy (non-hydrogen) atoms. The number of aliphatic hydroxyl groups excluding tert-OH is 1. The Hall–Kier alpha value is -1.92. The van der Waals surface area contributed by atoms with E-state index < -0.39 is 27.8 Å². The second kappa shape index (κ2) is 10.8. The number of aliphatic hydroxyl groups is 1. The Labute approximate surface area is 202 Å². The van der Waals surface area contributed by atoms with E-state index in [2.05, 4.69) is 10.0 Å². The van der Waals surface area contributed by atoms with Crippen LogP contribution in [0, 0.1) is 0 Å². The summed E-state index contributed by atoms with van der Waals surface area (Å²) >= 11 is 0. The summed E-state index contributed by atoms with van der Waals surface area (Å²) in [5.74, 6) is 0.303. The van der Waals surface area contributed by atoms with Gasteiger partial charge in [0.1, 0.15) is 24.1 Å². The molecule has 2 aliphatic heterocycles. The zero-order chi connectivity index (χ0) is 25.0. The molecule has 10 nitrogen and oxygen atoms in total. The molecule has 2 heterocycles. The lowest BCUT2D eigenvalue weighted by Crippen LogP contribution is -2.49. The molecule has 3 rings (SSSR count). The van der Waals surface area contributed by atoms with E-state index in [1.165, 1.54) is 24.1 Å². The predicted molar refractivity (Wildman–Crippen MR) is 126 cm³/mol. The van der Waals surface area contributed by atoms with Crippen molar-refractivity contribution in [3.8, 4) is 5.75 Å². The molecule has 2 saturated heterocycles. The average Bonchev–Trinajstić information content (AvgIpc) is 3.18. The molecule has 0 aliphatic carbocycles. The van der Waals surface area contributed by atoms with E-state index >= 15 is 0 Å². The van der Waals surface area contributed by atoms with Crippen LogP contribution in [-0.4, -0.2) is 87.8 Å². The zero-order valence-corrected chi connectivity index (χ0v) is 21.2. The topological polar surface area (TPSA) is 126 Å². The van der Waals surface area contributed by atoms with Gasteiger partial charge >= 0.3 is 6.09 Å². The van der Waals surface area contributed by atoms with Crippen molar-refractivity contribution in [2.75, 3.05) is 39.9 Å². The zero-order valence-electron chi connectivity index (χ0n) is 20.4. The van der Waals surface area contributed by atoms with E-state index in [1.54, 1.807) is 32.9 Å². The molecule has 2 atom stereocenters. The van der Waals surface area contributed by atoms with Crippen molar-refractivity contribution < 1.29 is 32.5 Å². The number of carbonyl (C=O) groups excluding carboxylic acids is 1. The van der Waals surface area contributed by atoms with Crippen molar-refractivity contribution in [3.63, 3.8) is 0 Å². The highest BCUT2D eigenvalue weighted by Gasteiger charge is 2.45. The molecule has 192 valence electrons. The highest BCUT2D eigenvalue weighted by molar-refractivity contribution is 7.89. The summed E-state index contributed by atoms with van der Waals surface area (Å²) in [7, 11) is -2.28. The van der Waals surface area contributed by atoms with Gasteiger partial charge < -0.3 is 29.5 Å². The standard InChI is InChI=1S/C23H37N3O7S/c1-22(2,3)33-21(28)26(17-13-23(32-15-17)8-10-25-11-9-23)14-18(27)16-31-19-6-5-7-20(12-19)34(29,30)24-4/h5-7,12,17-18,24-25,27H,8-11,13-16H2,1-4H3/t17-,18-/m0/s1. The lowest BCUT2D eigenvalue weighted by Gasteiger charge is -2.35. The molecule has 2 aliphatic rings. The van der Waals surface area contributed by atoms with Gasteiger partial charge in [-0.2, -0.15) is 0 Å². The second-order valence-corrected chi connectivity index (χ2v) is 11.8. The van der Waals surface area contributed by atoms with Gasteiger partial charge in [0, 0.05) is 6.07 Å². The third-order valence-electron chi connectivity index (χ3n) is 6.01. The van der Waals surface area contributed by atoms with E-state index in [1.807, 2.05) is 0 Å². The lowest BCUT2D eigenvalue weighted by atomic mass is 9.88. The maximum Gasteiger partial charge on any atom is 0.410 e. The monoisotopic (exact) mass is 499 g/mol. The molecule has 0 saturated carbocycles. The van der Waals surface area contributed by atoms with Gasteiger partial charge in [0.05, 0.1) is 29.7 Å². The molecule has 3 N–H and O–H groups in total. The summed E-state index contributed by atoms with van der Waals surface area (Å²) in [6, 6.07) is 5.80. The molecule has 0 bridgehead atoms. The minimum Gasteiger partial charge on any atom is -0.491 e. The normalized spacial score (nSPS) is 21.3. The van der Waals surface area contributed by atoms with Gasteiger partial charge in [0.2, 0.25) is 10.0 Å². The maximum atomic E-state index is 13.0. The predicted octanol–water partition coefficient (Wildman–Crippen LogP) is 1.48. The van der Waals surface area contributed by atoms with E-state index in [4.69, 9.17) is 14.2 Å². The molecule has 1 amide bonds. The van der Waals surface area contributed by atoms with Crippen LogP contribution in [0.1, 0.15) is 40.0 Å². The van der Waals surface area contributed by atoms with Crippen LogP contribution in [0.25, 0.3) is 0 Å². The van der Waals surface area contributed by atoms with Gasteiger partial charge in [0.15, 0.2) is 0 Å². The number of ether oxygens (including phenoxy) is 3. The van der Waals surface area contributed by atoms with Crippen molar-refractivity contribution in [2.24, 2.45) is 0 Å². The SMILES string of the molecule is CNS(=O)(=O)c1cccc(OC[C@@H](O)CN(C(=O)OC(C)(C)C)[C@@H]2COC3(CCNCC3)C2)c1. The molecule has 11 heteroatoms. The molecule has 1 aromatic carbocycles. The minimum atomic E-state index is -3.61. The maximum absolute atomic E-state index is 13.0. The number of amides is 1. The van der Waals surface area contributed by atoms with Gasteiger partial charge in [-0.1, -0.05) is 6.07 Å². The van der Waals surface area contributed by atoms with Gasteiger partial charge in [-0.15, -0.1) is 0 Å². The van der Waals surface area contributed by atoms with E-state index in [0.29, 0.717) is 18.8 Å². The first-order chi connectivity index (χ1) is 15.9. The van der Waals surface area contributed by atoms with Crippen LogP contribution < -0.4 is 14.8 Å². The summed E-state index contributed by atoms with van der Waals surface area (Å²) in [4.78, 5) is 14.6. The first kappa shape index (κ1) is 26.7. The molecule has 0 unspecified atom stereocenters. The highest BCUT2D eigenvalue weighted by atomic mass is 32.2. The number of nitrogens with zero attached hydrogens (tertiary/aromatic N) is 1. The van der Waals surface area contributed by atoms with Crippen LogP contribution in [0.2, 0.25) is 0 Å². The fraction of sp³-hybridized carbons (Fsp3) is 0.696. The van der Waals surface area contributed by atoms with Crippen molar-refractivity contribution in [2.45, 2.75) is 68.3 Å². The summed E-state index contributed by atoms with van der Waals surface area (Å²) in [6.45, 7) is 7.42. The Kier molecular flexibility index (Phi) is 8.46. The summed E-state index contributed by atoms with van der Waals surface area (Å²) in [6.07, 6.45) is 0.924. The number of hydrogen-bond donors (Lipinski definition) is 3. The molecule has 2 fully saturated rings. The van der Waals surface area contributed by atoms with Crippen LogP contribution in [0.15, 0.2) is 29.2 Å². The fourth-order valence-corrected chi connectivity index (χ4v) is 5.03. The lowest BCUT2D eigenvalue weighted by molar-refractivity contribution is -0.0227. The first-order valence-corrected chi connectivity index (χ1v) is 13.1. The molecule has 0 radical (unpaired) electrons. The Morgan fingerprint density at radius 2 is 2.06 bits per heavy atom. The first-order valence-electron chi connectivity index (χ1n) is 11.6. The molecule has 1 aromatic rings. The summed E-state index contributed by atoms with van der Waals surface area (Å²) in [5, 5.41) is 14.0. The molecule has 1 spiro atoms. The number of sulfonamides is 1. The molecule has 0 aromatic heterocycles. The number of benzene rings is 1. The fourth-order valence-electron chi connectivity index (χ4n) is 4.27. The van der Waals surface area contributed by atoms with Crippen LogP contribution in [0.5, 0.6) is 5.75 Å². The highest BCUT2D eigenvalue weighted by Crippen LogP contribution is 2.36. The van der Waals surface area contributed by atoms with Gasteiger partial charge in [-0.25, -0.2) is 17.9 Å². The molecular formula is C23H37N3O7S. The van der Waals surface area contributed by atoms with Crippen LogP contribution in [0.4, 0.5) is 4.79 Å². The number of nitrogens with one attached hydrogen (secondary N) is 2. The van der Waals surface area contributed by atoms with Gasteiger partial charge in [0.25, 0.3) is 0 Å². The van der Waals surface area contributed by atoms with Crippen molar-refractivity contribution in [1.82, 2.24) is 14.9 Å². The largest absolute Gasteiger partial charge is 0.491 e. The summed E-state index contributed by atoms with van der Waals surface area (Å²) in [5.41, 5.74) is -0.932. The third kappa shape index (κ3) is 7.05. The third-order valence-corrected chi connectivity index (χ3v) is 7.42. The Bertz CT molecular complexity index is 942. The molecular weight excluding hydrogens is 462 g/mol. The smallest absolute Gasteiger partial charge is 0.410 e. The summed E-state index contributed by atoms with van der Waals surface area (Å²) < 4.78 is 43.7. The number of carbonyl (C=O) groups is 1. The van der Waals surface area contributed by atoms with Crippen LogP contribution in [-0.2, 0) is 19.5 Å². The van der Waals surface area contributed by atoms with E-state index in [9.17, 15) is 18.3 Å². The Balaban J connectivity index is 1.66. The minimum absolute atomic E-state index is 0.00573. The average molecular weight is 500 g/mol. The Morgan fingerprint density at radius 3 is 2.71 bits per heavy atom. The quantitative estimate of drug-likeness (QED) is 0.491. The van der Waals surface area contributed by atoms with Crippen molar-refractivity contribution in [1.29, 1.82) is 0 Å². The number of rotatable bonds is 8. The number of piperidine rings is 1. The van der Waals surface area contributed by atoms with Crippen molar-refractivity contribution >= 4 is 16.1 Å². The second-order valence-electron chi connectivity index (χ2n) is 9.88. The number of hydrogen-bond acceptors (Lipinski definition) is 8. The van der Waals surface area contributed by atoms with Crippen molar-refractivity contribution in [3.05, 3.63) is 24.3 Å². The van der Waals surface area contributed by atoms with Gasteiger partial charge in [-0.3, -0.25) is 0 Å². The van der Waals surface area contributed by atoms with Crippen LogP contribution >= 0.6 is 0 Å².